The molecule has 30 heavy (non-hydrogen) atoms. The topological polar surface area (TPSA) is 51.0 Å². The highest BCUT2D eigenvalue weighted by Crippen LogP contribution is 2.39. The number of anilines is 1. The summed E-state index contributed by atoms with van der Waals surface area (Å²) in [6.45, 7) is -0.834. The van der Waals surface area contributed by atoms with Gasteiger partial charge in [0.2, 0.25) is 0 Å². The molecule has 1 aliphatic heterocycles. The molecule has 0 spiro atoms. The van der Waals surface area contributed by atoms with Crippen molar-refractivity contribution in [3.63, 3.8) is 0 Å². The molecule has 0 N–H and O–H groups in total. The average molecular weight is 418 g/mol. The van der Waals surface area contributed by atoms with Gasteiger partial charge in [0.1, 0.15) is 12.2 Å². The number of benzene rings is 2. The van der Waals surface area contributed by atoms with Gasteiger partial charge in [-0.1, -0.05) is 18.2 Å². The Labute approximate surface area is 170 Å². The summed E-state index contributed by atoms with van der Waals surface area (Å²) in [4.78, 5) is 14.1. The Morgan fingerprint density at radius 3 is 2.60 bits per heavy atom. The molecule has 0 saturated carbocycles. The van der Waals surface area contributed by atoms with Gasteiger partial charge in [-0.05, 0) is 35.4 Å². The monoisotopic (exact) mass is 418 g/mol. The van der Waals surface area contributed by atoms with Gasteiger partial charge in [0.15, 0.2) is 0 Å². The molecule has 4 rings (SSSR count). The lowest BCUT2D eigenvalue weighted by molar-refractivity contribution is -0.138. The fraction of sp³-hybridized carbons (Fsp3) is 0.286. The summed E-state index contributed by atoms with van der Waals surface area (Å²) in [6.07, 6.45) is -2.71. The number of nitrogens with zero attached hydrogens (tertiary/aromatic N) is 4. The molecule has 156 valence electrons. The molecule has 5 nitrogen and oxygen atoms in total. The van der Waals surface area contributed by atoms with Gasteiger partial charge in [0, 0.05) is 30.6 Å². The summed E-state index contributed by atoms with van der Waals surface area (Å²) in [7, 11) is 1.76. The minimum Gasteiger partial charge on any atom is -0.321 e. The number of aryl methyl sites for hydroxylation is 1. The van der Waals surface area contributed by atoms with E-state index in [1.165, 1.54) is 23.4 Å². The highest BCUT2D eigenvalue weighted by molar-refractivity contribution is 6.10. The van der Waals surface area contributed by atoms with Crippen LogP contribution < -0.4 is 4.90 Å². The van der Waals surface area contributed by atoms with Crippen LogP contribution in [-0.2, 0) is 26.2 Å². The predicted octanol–water partition coefficient (Wildman–Crippen LogP) is 4.29. The molecule has 1 aliphatic rings. The summed E-state index contributed by atoms with van der Waals surface area (Å²) in [5, 5.41) is 7.77. The van der Waals surface area contributed by atoms with Crippen molar-refractivity contribution in [2.45, 2.75) is 25.1 Å². The molecule has 0 saturated heterocycles. The molecule has 9 heteroatoms. The van der Waals surface area contributed by atoms with E-state index in [0.29, 0.717) is 23.5 Å². The van der Waals surface area contributed by atoms with Gasteiger partial charge in [-0.2, -0.15) is 13.2 Å². The predicted molar refractivity (Wildman–Crippen MR) is 102 cm³/mol. The van der Waals surface area contributed by atoms with Crippen molar-refractivity contribution < 1.29 is 22.4 Å². The molecule has 0 bridgehead atoms. The van der Waals surface area contributed by atoms with Crippen LogP contribution in [0.4, 0.5) is 23.2 Å². The van der Waals surface area contributed by atoms with Gasteiger partial charge in [0.05, 0.1) is 18.8 Å². The Kier molecular flexibility index (Phi) is 5.05. The minimum absolute atomic E-state index is 0.0383. The van der Waals surface area contributed by atoms with E-state index in [0.717, 1.165) is 6.07 Å². The molecule has 1 amide bonds. The third-order valence-electron chi connectivity index (χ3n) is 5.35. The summed E-state index contributed by atoms with van der Waals surface area (Å²) < 4.78 is 55.5. The van der Waals surface area contributed by atoms with E-state index in [1.807, 2.05) is 0 Å². The molecular weight excluding hydrogens is 400 g/mol. The van der Waals surface area contributed by atoms with Gasteiger partial charge in [-0.25, -0.2) is 0 Å². The fourth-order valence-electron chi connectivity index (χ4n) is 3.73. The van der Waals surface area contributed by atoms with Gasteiger partial charge in [-0.3, -0.25) is 9.18 Å². The summed E-state index contributed by atoms with van der Waals surface area (Å²) in [5.41, 5.74) is 0.254. The zero-order valence-electron chi connectivity index (χ0n) is 16.0. The number of hydrogen-bond donors (Lipinski definition) is 0. The van der Waals surface area contributed by atoms with E-state index >= 15 is 0 Å². The van der Waals surface area contributed by atoms with Crippen LogP contribution >= 0.6 is 0 Å². The number of alkyl halides is 4. The first-order chi connectivity index (χ1) is 14.3. The Bertz CT molecular complexity index is 1090. The molecule has 0 fully saturated rings. The highest BCUT2D eigenvalue weighted by atomic mass is 19.4. The maximum Gasteiger partial charge on any atom is 0.416 e. The number of carbonyl (C=O) groups is 1. The van der Waals surface area contributed by atoms with Crippen molar-refractivity contribution in [2.24, 2.45) is 7.05 Å². The Balaban J connectivity index is 1.64. The van der Waals surface area contributed by atoms with E-state index in [9.17, 15) is 22.4 Å². The summed E-state index contributed by atoms with van der Waals surface area (Å²) in [5.74, 6) is -0.403. The first kappa shape index (κ1) is 20.1. The molecule has 2 aromatic carbocycles. The second-order valence-electron chi connectivity index (χ2n) is 7.23. The Morgan fingerprint density at radius 1 is 1.17 bits per heavy atom. The van der Waals surface area contributed by atoms with Crippen molar-refractivity contribution in [1.29, 1.82) is 0 Å². The molecule has 3 aromatic rings. The third kappa shape index (κ3) is 3.55. The third-order valence-corrected chi connectivity index (χ3v) is 5.35. The normalized spacial score (nSPS) is 14.8. The first-order valence-corrected chi connectivity index (χ1v) is 9.29. The van der Waals surface area contributed by atoms with Gasteiger partial charge in [0.25, 0.3) is 5.91 Å². The summed E-state index contributed by atoms with van der Waals surface area (Å²) >= 11 is 0. The SMILES string of the molecule is Cn1cnnc1CC(CF)c1cccc(N2Cc3c(cccc3C(F)(F)F)C2=O)c1. The van der Waals surface area contributed by atoms with E-state index in [1.54, 1.807) is 35.9 Å². The van der Waals surface area contributed by atoms with Crippen LogP contribution in [-0.4, -0.2) is 27.3 Å². The van der Waals surface area contributed by atoms with Crippen LogP contribution in [0.5, 0.6) is 0 Å². The Hall–Kier alpha value is -3.23. The zero-order chi connectivity index (χ0) is 21.5. The summed E-state index contributed by atoms with van der Waals surface area (Å²) in [6, 6.07) is 10.3. The van der Waals surface area contributed by atoms with Crippen molar-refractivity contribution >= 4 is 11.6 Å². The molecule has 1 unspecified atom stereocenters. The number of aromatic nitrogens is 3. The maximum absolute atomic E-state index is 13.8. The smallest absolute Gasteiger partial charge is 0.321 e. The fourth-order valence-corrected chi connectivity index (χ4v) is 3.73. The Morgan fingerprint density at radius 2 is 1.93 bits per heavy atom. The van der Waals surface area contributed by atoms with E-state index in [4.69, 9.17) is 0 Å². The largest absolute Gasteiger partial charge is 0.416 e. The number of hydrogen-bond acceptors (Lipinski definition) is 3. The van der Waals surface area contributed by atoms with Crippen molar-refractivity contribution in [2.75, 3.05) is 11.6 Å². The van der Waals surface area contributed by atoms with E-state index in [-0.39, 0.29) is 17.7 Å². The lowest BCUT2D eigenvalue weighted by Crippen LogP contribution is -2.23. The number of halogens is 4. The van der Waals surface area contributed by atoms with Crippen LogP contribution in [0.2, 0.25) is 0 Å². The van der Waals surface area contributed by atoms with Crippen molar-refractivity contribution in [1.82, 2.24) is 14.8 Å². The quantitative estimate of drug-likeness (QED) is 0.581. The molecule has 1 atom stereocenters. The zero-order valence-corrected chi connectivity index (χ0v) is 16.0. The van der Waals surface area contributed by atoms with Crippen molar-refractivity contribution in [3.8, 4) is 0 Å². The van der Waals surface area contributed by atoms with Crippen molar-refractivity contribution in [3.05, 3.63) is 76.9 Å². The molecule has 0 radical (unpaired) electrons. The van der Waals surface area contributed by atoms with Crippen LogP contribution in [0.25, 0.3) is 0 Å². The molecular formula is C21H18F4N4O. The maximum atomic E-state index is 13.8. The van der Waals surface area contributed by atoms with Gasteiger partial charge in [-0.15, -0.1) is 10.2 Å². The molecule has 0 aliphatic carbocycles. The first-order valence-electron chi connectivity index (χ1n) is 9.29. The van der Waals surface area contributed by atoms with E-state index in [2.05, 4.69) is 10.2 Å². The number of rotatable bonds is 5. The van der Waals surface area contributed by atoms with Crippen LogP contribution in [0, 0.1) is 0 Å². The number of carbonyl (C=O) groups excluding carboxylic acids is 1. The van der Waals surface area contributed by atoms with Crippen LogP contribution in [0.15, 0.2) is 48.8 Å². The second-order valence-corrected chi connectivity index (χ2v) is 7.23. The lowest BCUT2D eigenvalue weighted by atomic mass is 9.96. The average Bonchev–Trinajstić information content (AvgIpc) is 3.28. The second kappa shape index (κ2) is 7.55. The lowest BCUT2D eigenvalue weighted by Gasteiger charge is -2.19. The highest BCUT2D eigenvalue weighted by Gasteiger charge is 2.39. The number of amides is 1. The number of fused-ring (bicyclic) bond motifs is 1. The minimum atomic E-state index is -4.54. The van der Waals surface area contributed by atoms with Crippen LogP contribution in [0.1, 0.15) is 38.8 Å². The van der Waals surface area contributed by atoms with Gasteiger partial charge < -0.3 is 9.47 Å². The molecule has 1 aromatic heterocycles. The standard InChI is InChI=1S/C21H18F4N4O/c1-28-12-26-27-19(28)9-14(10-22)13-4-2-5-15(8-13)29-11-17-16(20(29)30)6-3-7-18(17)21(23,24)25/h2-8,12,14H,9-11H2,1H3. The van der Waals surface area contributed by atoms with Gasteiger partial charge >= 0.3 is 6.18 Å². The van der Waals surface area contributed by atoms with E-state index < -0.39 is 30.2 Å². The van der Waals surface area contributed by atoms with Crippen LogP contribution in [0.3, 0.4) is 0 Å². The molecule has 2 heterocycles.